The van der Waals surface area contributed by atoms with Crippen molar-refractivity contribution >= 4 is 32.2 Å². The fourth-order valence-electron chi connectivity index (χ4n) is 3.90. The molecule has 0 aliphatic carbocycles. The molecule has 0 radical (unpaired) electrons. The maximum atomic E-state index is 11.1. The van der Waals surface area contributed by atoms with Gasteiger partial charge in [0.25, 0.3) is 0 Å². The lowest BCUT2D eigenvalue weighted by atomic mass is 9.95. The van der Waals surface area contributed by atoms with Crippen LogP contribution in [0.15, 0.2) is 51.6 Å². The highest BCUT2D eigenvalue weighted by molar-refractivity contribution is 9.10. The number of aromatic hydroxyl groups is 1. The van der Waals surface area contributed by atoms with Crippen molar-refractivity contribution in [2.24, 2.45) is 5.92 Å². The molecule has 0 amide bonds. The molecule has 29 heavy (non-hydrogen) atoms. The van der Waals surface area contributed by atoms with Crippen molar-refractivity contribution in [3.63, 3.8) is 0 Å². The van der Waals surface area contributed by atoms with Crippen molar-refractivity contribution < 1.29 is 9.52 Å². The van der Waals surface area contributed by atoms with E-state index in [0.29, 0.717) is 16.5 Å². The van der Waals surface area contributed by atoms with Crippen LogP contribution in [-0.4, -0.2) is 37.7 Å². The second kappa shape index (κ2) is 7.59. The largest absolute Gasteiger partial charge is 0.492 e. The van der Waals surface area contributed by atoms with E-state index < -0.39 is 0 Å². The Hall–Kier alpha value is -2.16. The second-order valence-corrected chi connectivity index (χ2v) is 9.49. The summed E-state index contributed by atoms with van der Waals surface area (Å²) in [6, 6.07) is 12.0. The van der Waals surface area contributed by atoms with E-state index in [9.17, 15) is 5.11 Å². The Bertz CT molecular complexity index is 1110. The molecule has 150 valence electrons. The van der Waals surface area contributed by atoms with Crippen molar-refractivity contribution in [3.8, 4) is 17.5 Å². The molecule has 3 aromatic heterocycles. The minimum Gasteiger partial charge on any atom is -0.492 e. The van der Waals surface area contributed by atoms with Gasteiger partial charge in [-0.05, 0) is 61.7 Å². The summed E-state index contributed by atoms with van der Waals surface area (Å²) in [7, 11) is 0. The number of likely N-dealkylation sites (tertiary alicyclic amines) is 1. The monoisotopic (exact) mass is 472 g/mol. The molecule has 1 aliphatic heterocycles. The molecule has 8 heteroatoms. The Morgan fingerprint density at radius 1 is 1.21 bits per heavy atom. The van der Waals surface area contributed by atoms with Gasteiger partial charge >= 0.3 is 0 Å². The van der Waals surface area contributed by atoms with Crippen molar-refractivity contribution in [2.45, 2.75) is 25.8 Å². The molecule has 1 unspecified atom stereocenters. The van der Waals surface area contributed by atoms with Crippen LogP contribution in [-0.2, 0) is 0 Å². The number of furan rings is 1. The maximum Gasteiger partial charge on any atom is 0.230 e. The predicted molar refractivity (Wildman–Crippen MR) is 116 cm³/mol. The summed E-state index contributed by atoms with van der Waals surface area (Å²) >= 11 is 5.01. The molecule has 6 nitrogen and oxygen atoms in total. The number of nitrogens with zero attached hydrogens (tertiary/aromatic N) is 4. The van der Waals surface area contributed by atoms with E-state index in [1.807, 2.05) is 6.07 Å². The maximum absolute atomic E-state index is 11.1. The predicted octanol–water partition coefficient (Wildman–Crippen LogP) is 5.34. The van der Waals surface area contributed by atoms with E-state index in [1.165, 1.54) is 15.9 Å². The Kier molecular flexibility index (Phi) is 4.93. The molecular formula is C21H21BrN4O2S. The minimum atomic E-state index is -0.0174. The van der Waals surface area contributed by atoms with Crippen LogP contribution in [0.25, 0.3) is 16.5 Å². The van der Waals surface area contributed by atoms with E-state index in [1.54, 1.807) is 12.3 Å². The molecule has 0 spiro atoms. The first kappa shape index (κ1) is 18.8. The first-order chi connectivity index (χ1) is 14.1. The van der Waals surface area contributed by atoms with Gasteiger partial charge in [0.05, 0.1) is 17.2 Å². The minimum absolute atomic E-state index is 0.0174. The molecule has 1 aliphatic rings. The average Bonchev–Trinajstić information content (AvgIpc) is 3.44. The van der Waals surface area contributed by atoms with Gasteiger partial charge in [0.15, 0.2) is 5.76 Å². The lowest BCUT2D eigenvalue weighted by Crippen LogP contribution is -2.36. The molecule has 1 atom stereocenters. The van der Waals surface area contributed by atoms with E-state index in [4.69, 9.17) is 4.42 Å². The summed E-state index contributed by atoms with van der Waals surface area (Å²) in [6.07, 6.45) is 3.92. The first-order valence-corrected chi connectivity index (χ1v) is 11.3. The molecular weight excluding hydrogens is 452 g/mol. The van der Waals surface area contributed by atoms with Gasteiger partial charge in [0, 0.05) is 4.47 Å². The van der Waals surface area contributed by atoms with E-state index >= 15 is 0 Å². The second-order valence-electron chi connectivity index (χ2n) is 7.57. The first-order valence-electron chi connectivity index (χ1n) is 9.72. The number of hydrogen-bond donors (Lipinski definition) is 1. The Morgan fingerprint density at radius 3 is 2.62 bits per heavy atom. The molecule has 1 aromatic carbocycles. The number of aromatic nitrogens is 3. The summed E-state index contributed by atoms with van der Waals surface area (Å²) in [4.78, 5) is 8.58. The van der Waals surface area contributed by atoms with Crippen molar-refractivity contribution in [1.82, 2.24) is 19.5 Å². The zero-order valence-electron chi connectivity index (χ0n) is 16.0. The zero-order chi connectivity index (χ0) is 20.0. The summed E-state index contributed by atoms with van der Waals surface area (Å²) in [6.45, 7) is 4.32. The van der Waals surface area contributed by atoms with Crippen LogP contribution in [0, 0.1) is 5.92 Å². The molecule has 1 saturated heterocycles. The molecule has 4 heterocycles. The van der Waals surface area contributed by atoms with Gasteiger partial charge in [-0.3, -0.25) is 4.90 Å². The summed E-state index contributed by atoms with van der Waals surface area (Å²) in [5.74, 6) is 1.97. The number of thiazole rings is 1. The third-order valence-corrected chi connectivity index (χ3v) is 7.16. The Labute approximate surface area is 180 Å². The molecule has 1 N–H and O–H groups in total. The summed E-state index contributed by atoms with van der Waals surface area (Å²) in [5.41, 5.74) is 1.16. The quantitative estimate of drug-likeness (QED) is 0.434. The molecule has 0 saturated carbocycles. The van der Waals surface area contributed by atoms with Crippen molar-refractivity contribution in [2.75, 3.05) is 13.1 Å². The number of halogens is 1. The smallest absolute Gasteiger partial charge is 0.230 e. The molecule has 4 aromatic rings. The van der Waals surface area contributed by atoms with Crippen LogP contribution in [0.4, 0.5) is 0 Å². The van der Waals surface area contributed by atoms with Crippen molar-refractivity contribution in [1.29, 1.82) is 0 Å². The van der Waals surface area contributed by atoms with Gasteiger partial charge in [-0.2, -0.15) is 9.50 Å². The standard InChI is InChI=1S/C21H21BrN4O2S/c1-13-8-10-25(11-9-13)17(14-4-6-15(22)7-5-14)18-20(27)26-21(29-18)23-19(24-26)16-3-2-12-28-16/h2-7,12-13,17,27H,8-11H2,1H3. The van der Waals surface area contributed by atoms with Gasteiger partial charge in [-0.1, -0.05) is 46.3 Å². The fraction of sp³-hybridized carbons (Fsp3) is 0.333. The molecule has 5 rings (SSSR count). The Morgan fingerprint density at radius 2 is 1.97 bits per heavy atom. The van der Waals surface area contributed by atoms with Crippen LogP contribution >= 0.6 is 27.3 Å². The zero-order valence-corrected chi connectivity index (χ0v) is 18.4. The molecule has 1 fully saturated rings. The third-order valence-electron chi connectivity index (χ3n) is 5.56. The van der Waals surface area contributed by atoms with Gasteiger partial charge < -0.3 is 9.52 Å². The number of fused-ring (bicyclic) bond motifs is 1. The van der Waals surface area contributed by atoms with Crippen LogP contribution in [0.5, 0.6) is 5.88 Å². The SMILES string of the molecule is CC1CCN(C(c2ccc(Br)cc2)c2sc3nc(-c4ccco4)nn3c2O)CC1. The summed E-state index contributed by atoms with van der Waals surface area (Å²) < 4.78 is 7.96. The van der Waals surface area contributed by atoms with Gasteiger partial charge in [0.1, 0.15) is 0 Å². The van der Waals surface area contributed by atoms with Crippen LogP contribution < -0.4 is 0 Å². The number of hydrogen-bond acceptors (Lipinski definition) is 6. The highest BCUT2D eigenvalue weighted by atomic mass is 79.9. The third kappa shape index (κ3) is 3.49. The van der Waals surface area contributed by atoms with Crippen LogP contribution in [0.1, 0.15) is 36.2 Å². The van der Waals surface area contributed by atoms with Gasteiger partial charge in [-0.15, -0.1) is 5.10 Å². The Balaban J connectivity index is 1.57. The van der Waals surface area contributed by atoms with Gasteiger partial charge in [-0.25, -0.2) is 0 Å². The topological polar surface area (TPSA) is 66.8 Å². The average molecular weight is 473 g/mol. The highest BCUT2D eigenvalue weighted by Gasteiger charge is 2.31. The summed E-state index contributed by atoms with van der Waals surface area (Å²) in [5, 5.41) is 15.5. The fourth-order valence-corrected chi connectivity index (χ4v) is 5.28. The van der Waals surface area contributed by atoms with Crippen LogP contribution in [0.2, 0.25) is 0 Å². The van der Waals surface area contributed by atoms with E-state index in [-0.39, 0.29) is 11.9 Å². The van der Waals surface area contributed by atoms with E-state index in [0.717, 1.165) is 46.8 Å². The van der Waals surface area contributed by atoms with Gasteiger partial charge in [0.2, 0.25) is 16.7 Å². The number of rotatable bonds is 4. The highest BCUT2D eigenvalue weighted by Crippen LogP contribution is 2.42. The lowest BCUT2D eigenvalue weighted by molar-refractivity contribution is 0.157. The van der Waals surface area contributed by atoms with Crippen LogP contribution in [0.3, 0.4) is 0 Å². The van der Waals surface area contributed by atoms with Crippen molar-refractivity contribution in [3.05, 3.63) is 57.6 Å². The lowest BCUT2D eigenvalue weighted by Gasteiger charge is -2.36. The normalized spacial score (nSPS) is 17.2. The molecule has 0 bridgehead atoms. The van der Waals surface area contributed by atoms with E-state index in [2.05, 4.69) is 62.1 Å². The number of benzene rings is 1. The number of piperidine rings is 1.